The van der Waals surface area contributed by atoms with E-state index in [-0.39, 0.29) is 5.91 Å². The summed E-state index contributed by atoms with van der Waals surface area (Å²) in [7, 11) is 0. The molecule has 1 heterocycles. The zero-order valence-corrected chi connectivity index (χ0v) is 21.5. The minimum atomic E-state index is -0.171. The number of carbonyl (C=O) groups excluding carboxylic acids is 1. The summed E-state index contributed by atoms with van der Waals surface area (Å²) in [5, 5.41) is 2.84. The second-order valence-electron chi connectivity index (χ2n) is 8.85. The van der Waals surface area contributed by atoms with Crippen molar-refractivity contribution in [1.82, 2.24) is 9.97 Å². The van der Waals surface area contributed by atoms with Crippen LogP contribution in [0.15, 0.2) is 88.4 Å². The molecular weight excluding hydrogens is 438 g/mol. The number of benzene rings is 2. The molecule has 2 aromatic carbocycles. The van der Waals surface area contributed by atoms with E-state index in [1.807, 2.05) is 48.5 Å². The maximum atomic E-state index is 12.5. The van der Waals surface area contributed by atoms with Crippen molar-refractivity contribution in [3.63, 3.8) is 0 Å². The Labute approximate surface area is 207 Å². The van der Waals surface area contributed by atoms with E-state index in [9.17, 15) is 4.79 Å². The molecule has 0 saturated heterocycles. The first-order chi connectivity index (χ1) is 16.4. The molecule has 0 unspecified atom stereocenters. The van der Waals surface area contributed by atoms with Crippen LogP contribution in [0.2, 0.25) is 0 Å². The molecule has 5 heteroatoms. The van der Waals surface area contributed by atoms with Crippen molar-refractivity contribution < 1.29 is 4.79 Å². The van der Waals surface area contributed by atoms with E-state index in [0.29, 0.717) is 11.5 Å². The van der Waals surface area contributed by atoms with Gasteiger partial charge in [-0.3, -0.25) is 10.1 Å². The third-order valence-electron chi connectivity index (χ3n) is 5.54. The highest BCUT2D eigenvalue weighted by Crippen LogP contribution is 2.21. The molecule has 0 aliphatic carbocycles. The maximum Gasteiger partial charge on any atom is 0.257 e. The topological polar surface area (TPSA) is 57.8 Å². The Morgan fingerprint density at radius 3 is 2.29 bits per heavy atom. The minimum absolute atomic E-state index is 0.171. The lowest BCUT2D eigenvalue weighted by Gasteiger charge is -2.04. The Bertz CT molecular complexity index is 1150. The highest BCUT2D eigenvalue weighted by Gasteiger charge is 2.09. The number of fused-ring (bicyclic) bond motifs is 1. The molecule has 0 spiro atoms. The largest absolute Gasteiger partial charge is 0.324 e. The summed E-state index contributed by atoms with van der Waals surface area (Å²) in [5.41, 5.74) is 6.64. The number of allylic oxidation sites excluding steroid dienone is 5. The normalized spacial score (nSPS) is 12.1. The van der Waals surface area contributed by atoms with Crippen molar-refractivity contribution in [3.8, 4) is 0 Å². The average molecular weight is 474 g/mol. The lowest BCUT2D eigenvalue weighted by atomic mass is 10.1. The summed E-state index contributed by atoms with van der Waals surface area (Å²) in [6.45, 7) is 8.74. The zero-order chi connectivity index (χ0) is 24.3. The van der Waals surface area contributed by atoms with Gasteiger partial charge in [0.1, 0.15) is 0 Å². The molecule has 1 amide bonds. The Morgan fingerprint density at radius 1 is 0.912 bits per heavy atom. The molecule has 3 rings (SSSR count). The number of para-hydroxylation sites is 2. The highest BCUT2D eigenvalue weighted by molar-refractivity contribution is 7.99. The predicted octanol–water partition coefficient (Wildman–Crippen LogP) is 8.33. The summed E-state index contributed by atoms with van der Waals surface area (Å²) in [6.07, 6.45) is 11.5. The molecule has 34 heavy (non-hydrogen) atoms. The molecule has 178 valence electrons. The van der Waals surface area contributed by atoms with Gasteiger partial charge >= 0.3 is 0 Å². The summed E-state index contributed by atoms with van der Waals surface area (Å²) < 4.78 is 0. The van der Waals surface area contributed by atoms with Crippen LogP contribution in [0, 0.1) is 0 Å². The molecule has 2 N–H and O–H groups in total. The van der Waals surface area contributed by atoms with Crippen LogP contribution in [0.25, 0.3) is 11.0 Å². The maximum absolute atomic E-state index is 12.5. The standard InChI is InChI=1S/C29H35N3OS/c1-21(2)9-7-10-22(3)11-8-12-23(4)19-20-34-25-17-15-24(16-18-25)28(33)32-29-30-26-13-5-6-14-27(26)31-29/h5-6,9,11,13-19H,7-8,10,12,20H2,1-4H3,(H2,30,31,32,33)/b22-11+,23-19+. The molecule has 0 saturated carbocycles. The first-order valence-corrected chi connectivity index (χ1v) is 12.8. The third kappa shape index (κ3) is 8.38. The van der Waals surface area contributed by atoms with Gasteiger partial charge in [-0.25, -0.2) is 4.98 Å². The van der Waals surface area contributed by atoms with Crippen LogP contribution in [0.1, 0.15) is 63.7 Å². The molecular formula is C29H35N3OS. The molecule has 0 fully saturated rings. The summed E-state index contributed by atoms with van der Waals surface area (Å²) >= 11 is 1.78. The van der Waals surface area contributed by atoms with E-state index in [4.69, 9.17) is 0 Å². The van der Waals surface area contributed by atoms with Crippen LogP contribution >= 0.6 is 11.8 Å². The quantitative estimate of drug-likeness (QED) is 0.217. The van der Waals surface area contributed by atoms with Crippen LogP contribution in [-0.2, 0) is 0 Å². The lowest BCUT2D eigenvalue weighted by Crippen LogP contribution is -2.12. The van der Waals surface area contributed by atoms with E-state index in [0.717, 1.165) is 47.4 Å². The Kier molecular flexibility index (Phi) is 9.77. The monoisotopic (exact) mass is 473 g/mol. The van der Waals surface area contributed by atoms with Gasteiger partial charge in [0.15, 0.2) is 0 Å². The van der Waals surface area contributed by atoms with Crippen molar-refractivity contribution in [3.05, 3.63) is 89.0 Å². The molecule has 0 radical (unpaired) electrons. The van der Waals surface area contributed by atoms with Crippen LogP contribution in [0.4, 0.5) is 5.95 Å². The number of aromatic nitrogens is 2. The van der Waals surface area contributed by atoms with Crippen molar-refractivity contribution in [2.45, 2.75) is 58.3 Å². The fourth-order valence-electron chi connectivity index (χ4n) is 3.51. The molecule has 3 aromatic rings. The van der Waals surface area contributed by atoms with E-state index in [1.54, 1.807) is 11.8 Å². The number of H-pyrrole nitrogens is 1. The number of hydrogen-bond acceptors (Lipinski definition) is 3. The molecule has 0 aliphatic rings. The lowest BCUT2D eigenvalue weighted by molar-refractivity contribution is 0.102. The van der Waals surface area contributed by atoms with Crippen molar-refractivity contribution in [2.24, 2.45) is 0 Å². The van der Waals surface area contributed by atoms with E-state index >= 15 is 0 Å². The summed E-state index contributed by atoms with van der Waals surface area (Å²) in [5.74, 6) is 1.22. The highest BCUT2D eigenvalue weighted by atomic mass is 32.2. The van der Waals surface area contributed by atoms with Gasteiger partial charge in [0.2, 0.25) is 5.95 Å². The summed E-state index contributed by atoms with van der Waals surface area (Å²) in [6, 6.07) is 15.4. The second-order valence-corrected chi connectivity index (χ2v) is 9.95. The third-order valence-corrected chi connectivity index (χ3v) is 6.48. The number of imidazole rings is 1. The number of rotatable bonds is 11. The Balaban J connectivity index is 1.42. The average Bonchev–Trinajstić information content (AvgIpc) is 3.21. The minimum Gasteiger partial charge on any atom is -0.324 e. The van der Waals surface area contributed by atoms with Gasteiger partial charge in [0.25, 0.3) is 5.91 Å². The Morgan fingerprint density at radius 2 is 1.59 bits per heavy atom. The van der Waals surface area contributed by atoms with Gasteiger partial charge in [-0.1, -0.05) is 47.1 Å². The number of aromatic amines is 1. The molecule has 0 atom stereocenters. The van der Waals surface area contributed by atoms with Gasteiger partial charge in [0, 0.05) is 16.2 Å². The number of anilines is 1. The first-order valence-electron chi connectivity index (χ1n) is 11.8. The molecule has 4 nitrogen and oxygen atoms in total. The Hall–Kier alpha value is -3.05. The predicted molar refractivity (Wildman–Crippen MR) is 147 cm³/mol. The van der Waals surface area contributed by atoms with Crippen LogP contribution in [0.3, 0.4) is 0 Å². The van der Waals surface area contributed by atoms with Crippen LogP contribution in [0.5, 0.6) is 0 Å². The van der Waals surface area contributed by atoms with Gasteiger partial charge in [-0.05, 0) is 89.8 Å². The van der Waals surface area contributed by atoms with Crippen LogP contribution < -0.4 is 5.32 Å². The fourth-order valence-corrected chi connectivity index (χ4v) is 4.40. The molecule has 0 aliphatic heterocycles. The van der Waals surface area contributed by atoms with Gasteiger partial charge in [-0.2, -0.15) is 0 Å². The first kappa shape index (κ1) is 25.6. The van der Waals surface area contributed by atoms with Crippen LogP contribution in [-0.4, -0.2) is 21.6 Å². The van der Waals surface area contributed by atoms with Gasteiger partial charge in [-0.15, -0.1) is 11.8 Å². The number of carbonyl (C=O) groups is 1. The second kappa shape index (κ2) is 13.0. The number of nitrogens with zero attached hydrogens (tertiary/aromatic N) is 1. The zero-order valence-electron chi connectivity index (χ0n) is 20.7. The van der Waals surface area contributed by atoms with Crippen molar-refractivity contribution in [2.75, 3.05) is 11.1 Å². The number of nitrogens with one attached hydrogen (secondary N) is 2. The number of thioether (sulfide) groups is 1. The van der Waals surface area contributed by atoms with E-state index in [2.05, 4.69) is 61.2 Å². The fraction of sp³-hybridized carbons (Fsp3) is 0.310. The number of hydrogen-bond donors (Lipinski definition) is 2. The van der Waals surface area contributed by atoms with E-state index < -0.39 is 0 Å². The van der Waals surface area contributed by atoms with Gasteiger partial charge in [0.05, 0.1) is 11.0 Å². The van der Waals surface area contributed by atoms with Crippen molar-refractivity contribution in [1.29, 1.82) is 0 Å². The molecule has 0 bridgehead atoms. The summed E-state index contributed by atoms with van der Waals surface area (Å²) in [4.78, 5) is 21.2. The smallest absolute Gasteiger partial charge is 0.257 e. The number of amides is 1. The van der Waals surface area contributed by atoms with Gasteiger partial charge < -0.3 is 4.98 Å². The van der Waals surface area contributed by atoms with Crippen molar-refractivity contribution >= 4 is 34.7 Å². The SMILES string of the molecule is CC(C)=CCC/C(C)=C/CC/C(C)=C/CSc1ccc(C(=O)Nc2nc3ccccc3[nH]2)cc1. The molecule has 1 aromatic heterocycles. The van der Waals surface area contributed by atoms with E-state index in [1.165, 1.54) is 16.7 Å².